The predicted octanol–water partition coefficient (Wildman–Crippen LogP) is 4.54. The van der Waals surface area contributed by atoms with E-state index in [1.165, 1.54) is 18.4 Å². The molecule has 0 bridgehead atoms. The lowest BCUT2D eigenvalue weighted by Crippen LogP contribution is -2.36. The molecular weight excluding hydrogens is 522 g/mol. The fraction of sp³-hybridized carbons (Fsp3) is 0.304. The fourth-order valence-corrected chi connectivity index (χ4v) is 4.63. The molecule has 11 heteroatoms. The molecule has 1 saturated heterocycles. The number of benzene rings is 1. The van der Waals surface area contributed by atoms with Crippen molar-refractivity contribution in [3.63, 3.8) is 0 Å². The molecular formula is C23H24BrN5O4S. The van der Waals surface area contributed by atoms with E-state index in [1.54, 1.807) is 41.1 Å². The normalized spacial score (nSPS) is 13.9. The van der Waals surface area contributed by atoms with Gasteiger partial charge in [0.15, 0.2) is 5.13 Å². The lowest BCUT2D eigenvalue weighted by Gasteiger charge is -2.22. The summed E-state index contributed by atoms with van der Waals surface area (Å²) >= 11 is 4.67. The first kappa shape index (κ1) is 24.0. The van der Waals surface area contributed by atoms with Crippen LogP contribution in [0.1, 0.15) is 23.7 Å². The number of hydrogen-bond donors (Lipinski definition) is 1. The van der Waals surface area contributed by atoms with E-state index in [4.69, 9.17) is 9.47 Å². The first-order valence-electron chi connectivity index (χ1n) is 10.7. The third kappa shape index (κ3) is 5.84. The zero-order chi connectivity index (χ0) is 24.1. The number of rotatable bonds is 6. The van der Waals surface area contributed by atoms with Crippen LogP contribution in [-0.2, 0) is 4.79 Å². The number of amides is 2. The standard InChI is InChI=1S/C23H24BrN5O4S/c1-15(30)28-9-4-10-29(12-11-28)22(31)17-13-16(7-8-18(17)32-2)33-21-14-25-23(34-21)27-20-6-3-5-19(24)26-20/h3,5-8,13-14H,4,9-12H2,1-2H3,(H,25,26,27). The number of carbonyl (C=O) groups is 2. The number of methoxy groups -OCH3 is 1. The number of anilines is 2. The van der Waals surface area contributed by atoms with Crippen LogP contribution in [0.25, 0.3) is 0 Å². The minimum Gasteiger partial charge on any atom is -0.496 e. The molecule has 2 amide bonds. The molecule has 178 valence electrons. The highest BCUT2D eigenvalue weighted by Crippen LogP contribution is 2.34. The van der Waals surface area contributed by atoms with E-state index >= 15 is 0 Å². The van der Waals surface area contributed by atoms with Crippen molar-refractivity contribution in [1.82, 2.24) is 19.8 Å². The summed E-state index contributed by atoms with van der Waals surface area (Å²) in [5, 5.41) is 4.33. The molecule has 4 rings (SSSR count). The zero-order valence-corrected chi connectivity index (χ0v) is 21.2. The SMILES string of the molecule is COc1ccc(Oc2cnc(Nc3cccc(Br)n3)s2)cc1C(=O)N1CCCN(C(C)=O)CC1. The van der Waals surface area contributed by atoms with Gasteiger partial charge in [-0.15, -0.1) is 0 Å². The Hall–Kier alpha value is -3.18. The summed E-state index contributed by atoms with van der Waals surface area (Å²) in [6.45, 7) is 3.77. The highest BCUT2D eigenvalue weighted by Gasteiger charge is 2.24. The van der Waals surface area contributed by atoms with Crippen LogP contribution in [0.3, 0.4) is 0 Å². The van der Waals surface area contributed by atoms with E-state index < -0.39 is 0 Å². The second-order valence-corrected chi connectivity index (χ2v) is 9.38. The van der Waals surface area contributed by atoms with Crippen LogP contribution in [0.5, 0.6) is 16.6 Å². The number of nitrogens with zero attached hydrogens (tertiary/aromatic N) is 4. The van der Waals surface area contributed by atoms with Crippen LogP contribution in [-0.4, -0.2) is 64.9 Å². The molecule has 3 aromatic rings. The van der Waals surface area contributed by atoms with Gasteiger partial charge in [-0.1, -0.05) is 17.4 Å². The predicted molar refractivity (Wildman–Crippen MR) is 133 cm³/mol. The summed E-state index contributed by atoms with van der Waals surface area (Å²) in [5.74, 6) is 1.50. The molecule has 1 aliphatic rings. The van der Waals surface area contributed by atoms with Gasteiger partial charge in [0.25, 0.3) is 5.91 Å². The topological polar surface area (TPSA) is 96.9 Å². The van der Waals surface area contributed by atoms with Crippen LogP contribution < -0.4 is 14.8 Å². The first-order chi connectivity index (χ1) is 16.4. The van der Waals surface area contributed by atoms with E-state index in [1.807, 2.05) is 18.2 Å². The largest absolute Gasteiger partial charge is 0.496 e. The van der Waals surface area contributed by atoms with Gasteiger partial charge in [0, 0.05) is 33.1 Å². The van der Waals surface area contributed by atoms with Gasteiger partial charge in [0.2, 0.25) is 11.0 Å². The van der Waals surface area contributed by atoms with Crippen molar-refractivity contribution in [2.75, 3.05) is 38.6 Å². The molecule has 1 N–H and O–H groups in total. The molecule has 0 atom stereocenters. The second-order valence-electron chi connectivity index (χ2n) is 7.57. The van der Waals surface area contributed by atoms with Crippen LogP contribution >= 0.6 is 27.3 Å². The first-order valence-corrected chi connectivity index (χ1v) is 12.3. The Bertz CT molecular complexity index is 1190. The van der Waals surface area contributed by atoms with E-state index in [2.05, 4.69) is 31.2 Å². The summed E-state index contributed by atoms with van der Waals surface area (Å²) in [4.78, 5) is 37.2. The van der Waals surface area contributed by atoms with Gasteiger partial charge in [-0.3, -0.25) is 9.59 Å². The summed E-state index contributed by atoms with van der Waals surface area (Å²) in [5.41, 5.74) is 0.414. The Morgan fingerprint density at radius 1 is 1.12 bits per heavy atom. The number of thiazole rings is 1. The molecule has 0 aliphatic carbocycles. The number of ether oxygens (including phenoxy) is 2. The van der Waals surface area contributed by atoms with E-state index in [-0.39, 0.29) is 11.8 Å². The van der Waals surface area contributed by atoms with E-state index in [9.17, 15) is 9.59 Å². The quantitative estimate of drug-likeness (QED) is 0.454. The van der Waals surface area contributed by atoms with Crippen LogP contribution in [0, 0.1) is 0 Å². The average Bonchev–Trinajstić information content (AvgIpc) is 3.10. The molecule has 1 aromatic carbocycles. The maximum absolute atomic E-state index is 13.3. The minimum atomic E-state index is -0.153. The van der Waals surface area contributed by atoms with Gasteiger partial charge in [-0.05, 0) is 52.7 Å². The van der Waals surface area contributed by atoms with Crippen molar-refractivity contribution in [2.24, 2.45) is 0 Å². The third-order valence-electron chi connectivity index (χ3n) is 5.28. The highest BCUT2D eigenvalue weighted by molar-refractivity contribution is 9.10. The maximum Gasteiger partial charge on any atom is 0.257 e. The Morgan fingerprint density at radius 2 is 1.91 bits per heavy atom. The van der Waals surface area contributed by atoms with Crippen molar-refractivity contribution in [1.29, 1.82) is 0 Å². The van der Waals surface area contributed by atoms with Crippen molar-refractivity contribution in [3.8, 4) is 16.6 Å². The Labute approximate surface area is 209 Å². The van der Waals surface area contributed by atoms with Crippen molar-refractivity contribution in [3.05, 3.63) is 52.8 Å². The van der Waals surface area contributed by atoms with Gasteiger partial charge in [-0.2, -0.15) is 0 Å². The summed E-state index contributed by atoms with van der Waals surface area (Å²) in [6, 6.07) is 10.7. The van der Waals surface area contributed by atoms with Gasteiger partial charge >= 0.3 is 0 Å². The lowest BCUT2D eigenvalue weighted by atomic mass is 10.1. The maximum atomic E-state index is 13.3. The number of hydrogen-bond acceptors (Lipinski definition) is 8. The van der Waals surface area contributed by atoms with Gasteiger partial charge in [0.1, 0.15) is 21.9 Å². The lowest BCUT2D eigenvalue weighted by molar-refractivity contribution is -0.128. The van der Waals surface area contributed by atoms with Crippen LogP contribution in [0.2, 0.25) is 0 Å². The van der Waals surface area contributed by atoms with Crippen molar-refractivity contribution in [2.45, 2.75) is 13.3 Å². The van der Waals surface area contributed by atoms with Gasteiger partial charge in [-0.25, -0.2) is 9.97 Å². The highest BCUT2D eigenvalue weighted by atomic mass is 79.9. The number of carbonyl (C=O) groups excluding carboxylic acids is 2. The third-order valence-corrected chi connectivity index (χ3v) is 6.52. The summed E-state index contributed by atoms with van der Waals surface area (Å²) in [6.07, 6.45) is 2.34. The Balaban J connectivity index is 1.48. The summed E-state index contributed by atoms with van der Waals surface area (Å²) in [7, 11) is 1.53. The molecule has 0 saturated carbocycles. The summed E-state index contributed by atoms with van der Waals surface area (Å²) < 4.78 is 12.1. The second kappa shape index (κ2) is 10.8. The Morgan fingerprint density at radius 3 is 2.68 bits per heavy atom. The van der Waals surface area contributed by atoms with Gasteiger partial charge in [0.05, 0.1) is 18.9 Å². The monoisotopic (exact) mass is 545 g/mol. The molecule has 1 fully saturated rings. The average molecular weight is 546 g/mol. The zero-order valence-electron chi connectivity index (χ0n) is 18.8. The molecule has 9 nitrogen and oxygen atoms in total. The smallest absolute Gasteiger partial charge is 0.257 e. The number of halogens is 1. The minimum absolute atomic E-state index is 0.0244. The molecule has 0 radical (unpaired) electrons. The molecule has 34 heavy (non-hydrogen) atoms. The number of pyridine rings is 1. The molecule has 3 heterocycles. The molecule has 2 aromatic heterocycles. The number of nitrogens with one attached hydrogen (secondary N) is 1. The van der Waals surface area contributed by atoms with Gasteiger partial charge < -0.3 is 24.6 Å². The molecule has 0 spiro atoms. The molecule has 0 unspecified atom stereocenters. The van der Waals surface area contributed by atoms with Crippen LogP contribution in [0.4, 0.5) is 10.9 Å². The van der Waals surface area contributed by atoms with Crippen molar-refractivity contribution >= 4 is 50.0 Å². The Kier molecular flexibility index (Phi) is 7.63. The van der Waals surface area contributed by atoms with E-state index in [0.29, 0.717) is 59.3 Å². The van der Waals surface area contributed by atoms with Crippen molar-refractivity contribution < 1.29 is 19.1 Å². The molecule has 1 aliphatic heterocycles. The van der Waals surface area contributed by atoms with Crippen LogP contribution in [0.15, 0.2) is 47.2 Å². The fourth-order valence-electron chi connectivity index (χ4n) is 3.59. The number of aromatic nitrogens is 2. The van der Waals surface area contributed by atoms with E-state index in [0.717, 1.165) is 11.0 Å².